The van der Waals surface area contributed by atoms with Crippen LogP contribution in [0.25, 0.3) is 11.1 Å². The third-order valence-corrected chi connectivity index (χ3v) is 8.87. The van der Waals surface area contributed by atoms with Gasteiger partial charge in [-0.3, -0.25) is 0 Å². The van der Waals surface area contributed by atoms with E-state index in [0.717, 1.165) is 11.3 Å². The zero-order chi connectivity index (χ0) is 23.7. The Morgan fingerprint density at radius 1 is 1.19 bits per heavy atom. The van der Waals surface area contributed by atoms with Gasteiger partial charge < -0.3 is 10.4 Å². The van der Waals surface area contributed by atoms with E-state index in [9.17, 15) is 22.7 Å². The highest BCUT2D eigenvalue weighted by atomic mass is 32.2. The summed E-state index contributed by atoms with van der Waals surface area (Å²) in [5.41, 5.74) is 0.535. The molecule has 0 spiro atoms. The van der Waals surface area contributed by atoms with Crippen LogP contribution in [0.4, 0.5) is 9.18 Å². The number of nitrogens with one attached hydrogen (secondary N) is 1. The molecule has 0 aliphatic rings. The van der Waals surface area contributed by atoms with E-state index in [1.54, 1.807) is 31.2 Å². The molecule has 9 heteroatoms. The van der Waals surface area contributed by atoms with E-state index < -0.39 is 33.3 Å². The summed E-state index contributed by atoms with van der Waals surface area (Å²) in [6.45, 7) is 7.44. The number of pyridine rings is 1. The Morgan fingerprint density at radius 2 is 1.84 bits per heavy atom. The summed E-state index contributed by atoms with van der Waals surface area (Å²) in [6.07, 6.45) is 0.417. The van der Waals surface area contributed by atoms with E-state index >= 15 is 0 Å². The predicted octanol–water partition coefficient (Wildman–Crippen LogP) is 5.32. The lowest BCUT2D eigenvalue weighted by atomic mass is 9.84. The van der Waals surface area contributed by atoms with Gasteiger partial charge in [-0.1, -0.05) is 39.0 Å². The van der Waals surface area contributed by atoms with Crippen molar-refractivity contribution in [1.29, 1.82) is 0 Å². The van der Waals surface area contributed by atoms with Gasteiger partial charge in [-0.25, -0.2) is 18.2 Å². The number of thiophene rings is 1. The molecular formula is C23H25FN2O4S2. The van der Waals surface area contributed by atoms with E-state index in [-0.39, 0.29) is 26.7 Å². The highest BCUT2D eigenvalue weighted by molar-refractivity contribution is 7.93. The molecule has 32 heavy (non-hydrogen) atoms. The smallest absolute Gasteiger partial charge is 0.404 e. The van der Waals surface area contributed by atoms with Crippen molar-refractivity contribution in [2.24, 2.45) is 5.41 Å². The van der Waals surface area contributed by atoms with Crippen LogP contribution in [-0.4, -0.2) is 30.6 Å². The molecule has 1 amide bonds. The van der Waals surface area contributed by atoms with Crippen molar-refractivity contribution in [3.63, 3.8) is 0 Å². The molecule has 2 aromatic heterocycles. The third-order valence-electron chi connectivity index (χ3n) is 5.27. The minimum Gasteiger partial charge on any atom is -0.465 e. The quantitative estimate of drug-likeness (QED) is 0.470. The number of carbonyl (C=O) groups is 1. The normalized spacial score (nSPS) is 13.0. The van der Waals surface area contributed by atoms with Gasteiger partial charge in [0.25, 0.3) is 0 Å². The molecule has 1 unspecified atom stereocenters. The van der Waals surface area contributed by atoms with Crippen LogP contribution in [0.5, 0.6) is 0 Å². The van der Waals surface area contributed by atoms with Gasteiger partial charge in [0, 0.05) is 34.7 Å². The summed E-state index contributed by atoms with van der Waals surface area (Å²) in [5.74, 6) is -0.763. The second-order valence-electron chi connectivity index (χ2n) is 8.54. The minimum atomic E-state index is -3.94. The Kier molecular flexibility index (Phi) is 6.71. The first-order valence-electron chi connectivity index (χ1n) is 9.95. The number of halogens is 1. The molecule has 170 valence electrons. The Hall–Kier alpha value is -2.78. The third kappa shape index (κ3) is 4.83. The summed E-state index contributed by atoms with van der Waals surface area (Å²) < 4.78 is 41.7. The van der Waals surface area contributed by atoms with Crippen LogP contribution < -0.4 is 5.32 Å². The Labute approximate surface area is 191 Å². The monoisotopic (exact) mass is 476 g/mol. The average molecular weight is 477 g/mol. The number of aromatic nitrogens is 1. The lowest BCUT2D eigenvalue weighted by molar-refractivity contribution is 0.174. The maximum atomic E-state index is 14.7. The topological polar surface area (TPSA) is 96.4 Å². The SMILES string of the molecule is Cc1c(CC(NC(=O)O)C(C)(C)C)sc(S(=O)(=O)c2ccccc2)c1-c1cccnc1F. The molecule has 3 rings (SSSR count). The van der Waals surface area contributed by atoms with E-state index in [2.05, 4.69) is 10.3 Å². The molecule has 0 saturated carbocycles. The van der Waals surface area contributed by atoms with Crippen molar-refractivity contribution in [2.45, 2.75) is 49.3 Å². The number of sulfone groups is 1. The van der Waals surface area contributed by atoms with Crippen molar-refractivity contribution >= 4 is 27.3 Å². The van der Waals surface area contributed by atoms with Crippen LogP contribution in [-0.2, 0) is 16.3 Å². The maximum Gasteiger partial charge on any atom is 0.404 e. The zero-order valence-corrected chi connectivity index (χ0v) is 19.8. The maximum absolute atomic E-state index is 14.7. The Bertz CT molecular complexity index is 1230. The fourth-order valence-electron chi connectivity index (χ4n) is 3.42. The molecule has 0 fully saturated rings. The molecule has 0 bridgehead atoms. The van der Waals surface area contributed by atoms with Crippen molar-refractivity contribution in [3.05, 3.63) is 65.0 Å². The van der Waals surface area contributed by atoms with Gasteiger partial charge in [-0.05, 0) is 42.2 Å². The van der Waals surface area contributed by atoms with Gasteiger partial charge in [0.1, 0.15) is 4.21 Å². The molecule has 1 atom stereocenters. The highest BCUT2D eigenvalue weighted by Crippen LogP contribution is 2.43. The number of rotatable bonds is 6. The van der Waals surface area contributed by atoms with Crippen molar-refractivity contribution in [3.8, 4) is 11.1 Å². The van der Waals surface area contributed by atoms with Gasteiger partial charge >= 0.3 is 6.09 Å². The summed E-state index contributed by atoms with van der Waals surface area (Å²) in [7, 11) is -3.94. The van der Waals surface area contributed by atoms with E-state index in [1.807, 2.05) is 20.8 Å². The van der Waals surface area contributed by atoms with Gasteiger partial charge in [-0.2, -0.15) is 4.39 Å². The average Bonchev–Trinajstić information content (AvgIpc) is 3.04. The summed E-state index contributed by atoms with van der Waals surface area (Å²) in [5, 5.41) is 11.8. The first-order valence-corrected chi connectivity index (χ1v) is 12.3. The first kappa shape index (κ1) is 23.9. The molecule has 2 N–H and O–H groups in total. The van der Waals surface area contributed by atoms with Crippen LogP contribution >= 0.6 is 11.3 Å². The lowest BCUT2D eigenvalue weighted by Crippen LogP contribution is -2.44. The number of amides is 1. The molecule has 6 nitrogen and oxygen atoms in total. The van der Waals surface area contributed by atoms with Crippen molar-refractivity contribution in [1.82, 2.24) is 10.3 Å². The van der Waals surface area contributed by atoms with Crippen molar-refractivity contribution in [2.75, 3.05) is 0 Å². The summed E-state index contributed by atoms with van der Waals surface area (Å²) >= 11 is 1.05. The fraction of sp³-hybridized carbons (Fsp3) is 0.304. The van der Waals surface area contributed by atoms with E-state index in [0.29, 0.717) is 10.4 Å². The molecular weight excluding hydrogens is 451 g/mol. The van der Waals surface area contributed by atoms with Gasteiger partial charge in [0.2, 0.25) is 15.8 Å². The summed E-state index contributed by atoms with van der Waals surface area (Å²) in [6, 6.07) is 10.6. The second kappa shape index (κ2) is 8.99. The molecule has 0 saturated heterocycles. The predicted molar refractivity (Wildman–Crippen MR) is 122 cm³/mol. The highest BCUT2D eigenvalue weighted by Gasteiger charge is 2.33. The Balaban J connectivity index is 2.23. The molecule has 1 aromatic carbocycles. The van der Waals surface area contributed by atoms with Crippen molar-refractivity contribution < 1.29 is 22.7 Å². The zero-order valence-electron chi connectivity index (χ0n) is 18.2. The van der Waals surface area contributed by atoms with E-state index in [1.165, 1.54) is 24.4 Å². The number of nitrogens with zero attached hydrogens (tertiary/aromatic N) is 1. The molecule has 0 aliphatic carbocycles. The van der Waals surface area contributed by atoms with E-state index in [4.69, 9.17) is 0 Å². The second-order valence-corrected chi connectivity index (χ2v) is 11.8. The number of benzene rings is 1. The van der Waals surface area contributed by atoms with Gasteiger partial charge in [-0.15, -0.1) is 11.3 Å². The van der Waals surface area contributed by atoms with Crippen LogP contribution in [0.15, 0.2) is 57.8 Å². The molecule has 2 heterocycles. The molecule has 0 aliphatic heterocycles. The van der Waals surface area contributed by atoms with Crippen LogP contribution in [0, 0.1) is 18.3 Å². The number of hydrogen-bond donors (Lipinski definition) is 2. The van der Waals surface area contributed by atoms with Crippen LogP contribution in [0.2, 0.25) is 0 Å². The number of carboxylic acid groups (broad SMARTS) is 1. The first-order chi connectivity index (χ1) is 14.9. The fourth-order valence-corrected chi connectivity index (χ4v) is 6.80. The van der Waals surface area contributed by atoms with Crippen LogP contribution in [0.3, 0.4) is 0 Å². The number of hydrogen-bond acceptors (Lipinski definition) is 5. The largest absolute Gasteiger partial charge is 0.465 e. The standard InChI is InChI=1S/C23H25FN2O4S2/c1-14-17(13-18(23(2,3)4)26-22(27)28)31-21(19(14)16-11-8-12-25-20(16)24)32(29,30)15-9-6-5-7-10-15/h5-12,18,26H,13H2,1-4H3,(H,27,28). The summed E-state index contributed by atoms with van der Waals surface area (Å²) in [4.78, 5) is 15.8. The van der Waals surface area contributed by atoms with Crippen LogP contribution in [0.1, 0.15) is 31.2 Å². The van der Waals surface area contributed by atoms with Gasteiger partial charge in [0.15, 0.2) is 0 Å². The lowest BCUT2D eigenvalue weighted by Gasteiger charge is -2.30. The molecule has 3 aromatic rings. The minimum absolute atomic E-state index is 0.0195. The van der Waals surface area contributed by atoms with Gasteiger partial charge in [0.05, 0.1) is 4.90 Å². The molecule has 0 radical (unpaired) electrons. The Morgan fingerprint density at radius 3 is 2.41 bits per heavy atom.